The number of aromatic nitrogens is 2. The van der Waals surface area contributed by atoms with Crippen LogP contribution in [-0.2, 0) is 0 Å². The monoisotopic (exact) mass is 363 g/mol. The van der Waals surface area contributed by atoms with E-state index in [9.17, 15) is 9.59 Å². The number of amides is 2. The fourth-order valence-corrected chi connectivity index (χ4v) is 2.16. The van der Waals surface area contributed by atoms with Gasteiger partial charge in [0.05, 0.1) is 0 Å². The largest absolute Gasteiger partial charge is 0.368 e. The quantitative estimate of drug-likeness (QED) is 0.420. The van der Waals surface area contributed by atoms with Crippen molar-refractivity contribution >= 4 is 29.4 Å². The Morgan fingerprint density at radius 3 is 1.52 bits per heavy atom. The van der Waals surface area contributed by atoms with E-state index < -0.39 is 0 Å². The fourth-order valence-electron chi connectivity index (χ4n) is 2.16. The molecule has 2 aromatic carbocycles. The van der Waals surface area contributed by atoms with E-state index >= 15 is 0 Å². The molecule has 0 fully saturated rings. The van der Waals surface area contributed by atoms with E-state index in [4.69, 9.17) is 5.73 Å². The van der Waals surface area contributed by atoms with Crippen LogP contribution in [0.4, 0.5) is 17.6 Å². The molecule has 0 spiro atoms. The molecule has 3 aromatic rings. The summed E-state index contributed by atoms with van der Waals surface area (Å²) in [5, 5.41) is 0. The van der Waals surface area contributed by atoms with Crippen LogP contribution in [0.2, 0.25) is 0 Å². The van der Waals surface area contributed by atoms with E-state index in [1.807, 2.05) is 12.1 Å². The number of rotatable bonds is 6. The summed E-state index contributed by atoms with van der Waals surface area (Å²) in [7, 11) is 0. The Morgan fingerprint density at radius 1 is 0.704 bits per heavy atom. The number of benzene rings is 2. The van der Waals surface area contributed by atoms with Gasteiger partial charge < -0.3 is 5.73 Å². The van der Waals surface area contributed by atoms with E-state index in [1.54, 1.807) is 48.5 Å². The van der Waals surface area contributed by atoms with Crippen LogP contribution in [0.3, 0.4) is 0 Å². The van der Waals surface area contributed by atoms with Crippen LogP contribution in [0.5, 0.6) is 0 Å². The zero-order chi connectivity index (χ0) is 19.1. The van der Waals surface area contributed by atoms with Gasteiger partial charge in [-0.15, -0.1) is 0 Å². The van der Waals surface area contributed by atoms with E-state index in [2.05, 4.69) is 31.7 Å². The van der Waals surface area contributed by atoms with Crippen molar-refractivity contribution in [1.82, 2.24) is 20.8 Å². The fraction of sp³-hybridized carbons (Fsp3) is 0. The smallest absolute Gasteiger partial charge is 0.269 e. The molecule has 0 aliphatic rings. The molecule has 0 aliphatic heterocycles. The summed E-state index contributed by atoms with van der Waals surface area (Å²) in [5.41, 5.74) is 17.0. The number of hydrogen-bond donors (Lipinski definition) is 5. The molecule has 0 saturated heterocycles. The molecule has 6 N–H and O–H groups in total. The molecule has 0 saturated carbocycles. The van der Waals surface area contributed by atoms with E-state index in [-0.39, 0.29) is 29.4 Å². The Morgan fingerprint density at radius 2 is 1.11 bits per heavy atom. The van der Waals surface area contributed by atoms with Gasteiger partial charge in [0.25, 0.3) is 11.8 Å². The number of carbonyl (C=O) groups is 2. The highest BCUT2D eigenvalue weighted by Crippen LogP contribution is 2.11. The van der Waals surface area contributed by atoms with Crippen molar-refractivity contribution in [2.24, 2.45) is 0 Å². The molecule has 3 rings (SSSR count). The van der Waals surface area contributed by atoms with Crippen molar-refractivity contribution in [3.63, 3.8) is 0 Å². The molecule has 0 atom stereocenters. The van der Waals surface area contributed by atoms with Gasteiger partial charge >= 0.3 is 0 Å². The first-order valence-corrected chi connectivity index (χ1v) is 7.99. The van der Waals surface area contributed by atoms with Crippen LogP contribution in [0.15, 0.2) is 66.7 Å². The number of carbonyl (C=O) groups excluding carboxylic acids is 2. The van der Waals surface area contributed by atoms with Gasteiger partial charge in [-0.25, -0.2) is 0 Å². The summed E-state index contributed by atoms with van der Waals surface area (Å²) in [6.45, 7) is 0. The van der Waals surface area contributed by atoms with Crippen molar-refractivity contribution in [2.75, 3.05) is 16.6 Å². The highest BCUT2D eigenvalue weighted by molar-refractivity contribution is 5.95. The van der Waals surface area contributed by atoms with Crippen molar-refractivity contribution < 1.29 is 9.59 Å². The Kier molecular flexibility index (Phi) is 5.43. The molecule has 136 valence electrons. The topological polar surface area (TPSA) is 134 Å². The number of anilines is 3. The van der Waals surface area contributed by atoms with Gasteiger partial charge in [0.15, 0.2) is 11.6 Å². The summed E-state index contributed by atoms with van der Waals surface area (Å²) >= 11 is 0. The maximum atomic E-state index is 12.0. The van der Waals surface area contributed by atoms with Crippen molar-refractivity contribution in [3.05, 3.63) is 77.9 Å². The molecule has 0 bridgehead atoms. The standard InChI is InChI=1S/C18H17N7O2/c19-18-20-14(22-24-16(26)12-7-3-1-4-8-12)11-15(21-18)23-25-17(27)13-9-5-2-6-10-13/h1-11H,(H,24,26)(H,25,27)(H4,19,20,21,22,23). The molecular formula is C18H17N7O2. The minimum atomic E-state index is -0.334. The molecule has 1 heterocycles. The van der Waals surface area contributed by atoms with Gasteiger partial charge in [-0.3, -0.25) is 31.3 Å². The molecule has 1 aromatic heterocycles. The second-order valence-corrected chi connectivity index (χ2v) is 5.39. The normalized spacial score (nSPS) is 9.93. The van der Waals surface area contributed by atoms with Crippen molar-refractivity contribution in [3.8, 4) is 0 Å². The number of nitrogens with zero attached hydrogens (tertiary/aromatic N) is 2. The summed E-state index contributed by atoms with van der Waals surface area (Å²) in [6, 6.07) is 18.9. The van der Waals surface area contributed by atoms with Crippen molar-refractivity contribution in [2.45, 2.75) is 0 Å². The molecule has 9 heteroatoms. The number of nitrogens with two attached hydrogens (primary N) is 1. The highest BCUT2D eigenvalue weighted by Gasteiger charge is 2.08. The maximum absolute atomic E-state index is 12.0. The first-order chi connectivity index (χ1) is 13.1. The Hall–Kier alpha value is -4.14. The summed E-state index contributed by atoms with van der Waals surface area (Å²) in [5.74, 6) is -0.198. The lowest BCUT2D eigenvalue weighted by atomic mass is 10.2. The Bertz CT molecular complexity index is 859. The third kappa shape index (κ3) is 4.92. The molecule has 27 heavy (non-hydrogen) atoms. The average molecular weight is 363 g/mol. The van der Waals surface area contributed by atoms with Crippen molar-refractivity contribution in [1.29, 1.82) is 0 Å². The zero-order valence-corrected chi connectivity index (χ0v) is 14.1. The minimum absolute atomic E-state index is 0.0366. The minimum Gasteiger partial charge on any atom is -0.368 e. The zero-order valence-electron chi connectivity index (χ0n) is 14.1. The maximum Gasteiger partial charge on any atom is 0.269 e. The van der Waals surface area contributed by atoms with Crippen LogP contribution >= 0.6 is 0 Å². The van der Waals surface area contributed by atoms with Gasteiger partial charge in [0.2, 0.25) is 5.95 Å². The predicted molar refractivity (Wildman–Crippen MR) is 102 cm³/mol. The lowest BCUT2D eigenvalue weighted by Crippen LogP contribution is -2.31. The van der Waals surface area contributed by atoms with E-state index in [0.29, 0.717) is 11.1 Å². The molecule has 0 aliphatic carbocycles. The summed E-state index contributed by atoms with van der Waals surface area (Å²) < 4.78 is 0. The number of hydrogen-bond acceptors (Lipinski definition) is 7. The van der Waals surface area contributed by atoms with Gasteiger partial charge in [-0.05, 0) is 24.3 Å². The summed E-state index contributed by atoms with van der Waals surface area (Å²) in [6.07, 6.45) is 0. The van der Waals surface area contributed by atoms with Crippen LogP contribution in [0.25, 0.3) is 0 Å². The Labute approximate surface area is 155 Å². The molecule has 9 nitrogen and oxygen atoms in total. The predicted octanol–water partition coefficient (Wildman–Crippen LogP) is 1.57. The van der Waals surface area contributed by atoms with Crippen LogP contribution in [-0.4, -0.2) is 21.8 Å². The SMILES string of the molecule is Nc1nc(NNC(=O)c2ccccc2)cc(NNC(=O)c2ccccc2)n1. The first-order valence-electron chi connectivity index (χ1n) is 7.99. The van der Waals surface area contributed by atoms with Gasteiger partial charge in [0, 0.05) is 17.2 Å². The van der Waals surface area contributed by atoms with E-state index in [0.717, 1.165) is 0 Å². The van der Waals surface area contributed by atoms with Gasteiger partial charge in [0.1, 0.15) is 0 Å². The first kappa shape index (κ1) is 17.7. The Balaban J connectivity index is 1.60. The average Bonchev–Trinajstić information content (AvgIpc) is 2.71. The van der Waals surface area contributed by atoms with E-state index in [1.165, 1.54) is 6.07 Å². The molecule has 0 radical (unpaired) electrons. The highest BCUT2D eigenvalue weighted by atomic mass is 16.2. The van der Waals surface area contributed by atoms with Gasteiger partial charge in [-0.1, -0.05) is 36.4 Å². The third-order valence-electron chi connectivity index (χ3n) is 3.42. The number of nitrogens with one attached hydrogen (secondary N) is 4. The number of hydrazine groups is 2. The molecule has 0 unspecified atom stereocenters. The molecule has 2 amide bonds. The third-order valence-corrected chi connectivity index (χ3v) is 3.42. The van der Waals surface area contributed by atoms with Crippen LogP contribution in [0, 0.1) is 0 Å². The van der Waals surface area contributed by atoms with Crippen LogP contribution in [0.1, 0.15) is 20.7 Å². The second kappa shape index (κ2) is 8.30. The number of nitrogen functional groups attached to an aromatic ring is 1. The lowest BCUT2D eigenvalue weighted by molar-refractivity contribution is 0.0954. The van der Waals surface area contributed by atoms with Gasteiger partial charge in [-0.2, -0.15) is 9.97 Å². The van der Waals surface area contributed by atoms with Crippen LogP contribution < -0.4 is 27.4 Å². The molecular weight excluding hydrogens is 346 g/mol. The summed E-state index contributed by atoms with van der Waals surface area (Å²) in [4.78, 5) is 32.0. The lowest BCUT2D eigenvalue weighted by Gasteiger charge is -2.11. The second-order valence-electron chi connectivity index (χ2n) is 5.39.